The number of halogens is 1. The van der Waals surface area contributed by atoms with Crippen molar-refractivity contribution >= 4 is 29.1 Å². The van der Waals surface area contributed by atoms with E-state index in [0.29, 0.717) is 39.4 Å². The molecule has 40 heavy (non-hydrogen) atoms. The highest BCUT2D eigenvalue weighted by Crippen LogP contribution is 2.62. The number of Topliss-reactive ketones (excluding diaryl/α,β-unsaturated/α-hetero) is 3. The SMILES string of the molecule is COc1ccc(OC)c([C@@H]2[C@@H](C(=O)C(C)(C)C)N3c4ccc(F)cc4C=C[C@H]3C23C(=O)c2ccccc2C3=O)c1. The maximum atomic E-state index is 14.7. The minimum absolute atomic E-state index is 0.147. The number of anilines is 1. The highest BCUT2D eigenvalue weighted by Gasteiger charge is 2.72. The van der Waals surface area contributed by atoms with Crippen LogP contribution in [0, 0.1) is 16.6 Å². The third-order valence-electron chi connectivity index (χ3n) is 8.55. The summed E-state index contributed by atoms with van der Waals surface area (Å²) in [5.41, 5.74) is -0.126. The first-order valence-corrected chi connectivity index (χ1v) is 13.3. The minimum Gasteiger partial charge on any atom is -0.497 e. The molecule has 0 aromatic heterocycles. The van der Waals surface area contributed by atoms with Crippen molar-refractivity contribution < 1.29 is 28.2 Å². The van der Waals surface area contributed by atoms with Crippen LogP contribution in [0.1, 0.15) is 58.5 Å². The Morgan fingerprint density at radius 1 is 0.925 bits per heavy atom. The number of ketones is 3. The molecule has 2 heterocycles. The number of methoxy groups -OCH3 is 2. The van der Waals surface area contributed by atoms with Crippen LogP contribution in [0.3, 0.4) is 0 Å². The van der Waals surface area contributed by atoms with Gasteiger partial charge in [-0.05, 0) is 36.4 Å². The van der Waals surface area contributed by atoms with Crippen molar-refractivity contribution in [1.82, 2.24) is 0 Å². The van der Waals surface area contributed by atoms with Crippen LogP contribution >= 0.6 is 0 Å². The first-order chi connectivity index (χ1) is 19.0. The standard InChI is InChI=1S/C33H30FNO5/c1-32(2,3)31(38)28-27(23-17-20(39-4)12-14-25(23)40-5)33(29(36)21-8-6-7-9-22(21)30(33)37)26-15-10-18-16-19(34)11-13-24(18)35(26)28/h6-17,26-28H,1-5H3/t26-,27+,28-/m0/s1. The van der Waals surface area contributed by atoms with Gasteiger partial charge in [0.2, 0.25) is 0 Å². The van der Waals surface area contributed by atoms with E-state index in [1.165, 1.54) is 26.4 Å². The summed E-state index contributed by atoms with van der Waals surface area (Å²) in [4.78, 5) is 45.8. The molecular weight excluding hydrogens is 509 g/mol. The van der Waals surface area contributed by atoms with Gasteiger partial charge < -0.3 is 14.4 Å². The molecule has 3 atom stereocenters. The maximum Gasteiger partial charge on any atom is 0.180 e. The Bertz CT molecular complexity index is 1580. The molecule has 7 heteroatoms. The van der Waals surface area contributed by atoms with E-state index >= 15 is 0 Å². The Balaban J connectivity index is 1.74. The summed E-state index contributed by atoms with van der Waals surface area (Å²) in [5, 5.41) is 0. The van der Waals surface area contributed by atoms with Crippen LogP contribution in [0.15, 0.2) is 66.7 Å². The van der Waals surface area contributed by atoms with Crippen LogP contribution in [-0.2, 0) is 4.79 Å². The zero-order valence-electron chi connectivity index (χ0n) is 23.0. The fourth-order valence-electron chi connectivity index (χ4n) is 6.82. The summed E-state index contributed by atoms with van der Waals surface area (Å²) in [5.74, 6) is -1.22. The molecule has 0 unspecified atom stereocenters. The first-order valence-electron chi connectivity index (χ1n) is 13.3. The number of nitrogens with zero attached hydrogens (tertiary/aromatic N) is 1. The van der Waals surface area contributed by atoms with E-state index in [4.69, 9.17) is 9.47 Å². The zero-order chi connectivity index (χ0) is 28.6. The monoisotopic (exact) mass is 539 g/mol. The van der Waals surface area contributed by atoms with E-state index in [9.17, 15) is 18.8 Å². The third-order valence-corrected chi connectivity index (χ3v) is 8.55. The van der Waals surface area contributed by atoms with Gasteiger partial charge in [0.25, 0.3) is 0 Å². The Kier molecular flexibility index (Phi) is 5.77. The smallest absolute Gasteiger partial charge is 0.180 e. The van der Waals surface area contributed by atoms with Crippen molar-refractivity contribution in [2.24, 2.45) is 10.8 Å². The van der Waals surface area contributed by atoms with Crippen molar-refractivity contribution in [2.75, 3.05) is 19.1 Å². The number of hydrogen-bond donors (Lipinski definition) is 0. The van der Waals surface area contributed by atoms with Crippen molar-refractivity contribution in [1.29, 1.82) is 0 Å². The Morgan fingerprint density at radius 2 is 1.60 bits per heavy atom. The number of carbonyl (C=O) groups is 3. The van der Waals surface area contributed by atoms with Gasteiger partial charge in [0.15, 0.2) is 17.3 Å². The second-order valence-electron chi connectivity index (χ2n) is 11.6. The largest absolute Gasteiger partial charge is 0.497 e. The van der Waals surface area contributed by atoms with Crippen LogP contribution in [-0.4, -0.2) is 43.7 Å². The molecule has 3 aromatic rings. The molecule has 0 radical (unpaired) electrons. The average Bonchev–Trinajstić information content (AvgIpc) is 3.37. The topological polar surface area (TPSA) is 72.9 Å². The molecule has 0 N–H and O–H groups in total. The van der Waals surface area contributed by atoms with Crippen LogP contribution < -0.4 is 14.4 Å². The number of rotatable bonds is 4. The van der Waals surface area contributed by atoms with E-state index in [1.807, 2.05) is 25.7 Å². The van der Waals surface area contributed by atoms with Gasteiger partial charge in [0.1, 0.15) is 22.7 Å². The Morgan fingerprint density at radius 3 is 2.20 bits per heavy atom. The van der Waals surface area contributed by atoms with E-state index in [0.717, 1.165) is 0 Å². The van der Waals surface area contributed by atoms with Crippen molar-refractivity contribution in [3.05, 3.63) is 94.8 Å². The highest BCUT2D eigenvalue weighted by atomic mass is 19.1. The second-order valence-corrected chi connectivity index (χ2v) is 11.6. The molecule has 3 aliphatic rings. The van der Waals surface area contributed by atoms with Gasteiger partial charge in [0, 0.05) is 39.3 Å². The van der Waals surface area contributed by atoms with Gasteiger partial charge in [-0.15, -0.1) is 0 Å². The number of fused-ring (bicyclic) bond motifs is 5. The summed E-state index contributed by atoms with van der Waals surface area (Å²) >= 11 is 0. The number of ether oxygens (including phenoxy) is 2. The van der Waals surface area contributed by atoms with Gasteiger partial charge in [-0.3, -0.25) is 14.4 Å². The summed E-state index contributed by atoms with van der Waals surface area (Å²) in [6, 6.07) is 14.7. The number of benzene rings is 3. The fraction of sp³-hybridized carbons (Fsp3) is 0.303. The van der Waals surface area contributed by atoms with Gasteiger partial charge in [0.05, 0.1) is 26.3 Å². The first kappa shape index (κ1) is 26.0. The molecule has 3 aromatic carbocycles. The lowest BCUT2D eigenvalue weighted by molar-refractivity contribution is -0.127. The van der Waals surface area contributed by atoms with Gasteiger partial charge in [-0.2, -0.15) is 0 Å². The normalized spacial score (nSPS) is 22.2. The van der Waals surface area contributed by atoms with E-state index in [1.54, 1.807) is 60.7 Å². The summed E-state index contributed by atoms with van der Waals surface area (Å²) in [6.07, 6.45) is 3.52. The van der Waals surface area contributed by atoms with E-state index in [-0.39, 0.29) is 17.3 Å². The van der Waals surface area contributed by atoms with Crippen LogP contribution in [0.2, 0.25) is 0 Å². The molecule has 6 rings (SSSR count). The molecule has 1 saturated heterocycles. The van der Waals surface area contributed by atoms with Crippen LogP contribution in [0.25, 0.3) is 6.08 Å². The summed E-state index contributed by atoms with van der Waals surface area (Å²) < 4.78 is 25.7. The molecule has 0 bridgehead atoms. The molecule has 0 saturated carbocycles. The van der Waals surface area contributed by atoms with Crippen LogP contribution in [0.4, 0.5) is 10.1 Å². The maximum absolute atomic E-state index is 14.7. The minimum atomic E-state index is -1.67. The molecule has 1 aliphatic carbocycles. The molecule has 2 aliphatic heterocycles. The molecule has 6 nitrogen and oxygen atoms in total. The molecule has 1 fully saturated rings. The lowest BCUT2D eigenvalue weighted by Crippen LogP contribution is -2.49. The third kappa shape index (κ3) is 3.36. The number of carbonyl (C=O) groups excluding carboxylic acids is 3. The van der Waals surface area contributed by atoms with Gasteiger partial charge in [-0.1, -0.05) is 57.2 Å². The predicted molar refractivity (Wildman–Crippen MR) is 150 cm³/mol. The Labute approximate surface area is 232 Å². The van der Waals surface area contributed by atoms with Crippen LogP contribution in [0.5, 0.6) is 11.5 Å². The van der Waals surface area contributed by atoms with Crippen molar-refractivity contribution in [2.45, 2.75) is 38.8 Å². The summed E-state index contributed by atoms with van der Waals surface area (Å²) in [6.45, 7) is 5.48. The van der Waals surface area contributed by atoms with E-state index in [2.05, 4.69) is 0 Å². The summed E-state index contributed by atoms with van der Waals surface area (Å²) in [7, 11) is 3.05. The zero-order valence-corrected chi connectivity index (χ0v) is 23.0. The molecule has 1 spiro atoms. The van der Waals surface area contributed by atoms with Crippen molar-refractivity contribution in [3.8, 4) is 11.5 Å². The Hall–Kier alpha value is -4.26. The van der Waals surface area contributed by atoms with Crippen molar-refractivity contribution in [3.63, 3.8) is 0 Å². The van der Waals surface area contributed by atoms with Gasteiger partial charge in [-0.25, -0.2) is 4.39 Å². The average molecular weight is 540 g/mol. The molecule has 0 amide bonds. The quantitative estimate of drug-likeness (QED) is 0.385. The predicted octanol–water partition coefficient (Wildman–Crippen LogP) is 5.89. The second kappa shape index (κ2) is 8.88. The molecular formula is C33H30FNO5. The highest BCUT2D eigenvalue weighted by molar-refractivity contribution is 6.32. The van der Waals surface area contributed by atoms with Gasteiger partial charge >= 0.3 is 0 Å². The lowest BCUT2D eigenvalue weighted by Gasteiger charge is -2.38. The van der Waals surface area contributed by atoms with E-state index < -0.39 is 34.6 Å². The molecule has 204 valence electrons. The fourth-order valence-corrected chi connectivity index (χ4v) is 6.82. The number of hydrogen-bond acceptors (Lipinski definition) is 6. The lowest BCUT2D eigenvalue weighted by atomic mass is 9.63.